The molecule has 2 aliphatic rings. The van der Waals surface area contributed by atoms with Crippen LogP contribution in [0.25, 0.3) is 22.6 Å². The Morgan fingerprint density at radius 1 is 1.15 bits per heavy atom. The second kappa shape index (κ2) is 12.2. The molecule has 0 radical (unpaired) electrons. The van der Waals surface area contributed by atoms with Crippen LogP contribution < -0.4 is 10.1 Å². The van der Waals surface area contributed by atoms with Gasteiger partial charge in [0.25, 0.3) is 0 Å². The van der Waals surface area contributed by atoms with Gasteiger partial charge in [-0.2, -0.15) is 4.98 Å². The molecule has 10 nitrogen and oxygen atoms in total. The van der Waals surface area contributed by atoms with E-state index in [1.807, 2.05) is 0 Å². The number of carbonyl (C=O) groups excluding carboxylic acids is 1. The minimum atomic E-state index is -0.876. The summed E-state index contributed by atoms with van der Waals surface area (Å²) < 4.78 is 31.7. The van der Waals surface area contributed by atoms with E-state index < -0.39 is 11.7 Å². The number of aliphatic hydroxyl groups is 1. The molecule has 2 aromatic heterocycles. The standard InChI is InChI=1S/C28H34FN5O5/c1-28(26(36)30-13-5-15-35)16-37-25(38-17-28)24-33-22(18-8-10-19(29)11-9-18)23(34-24)21-12-14-31-27(32-21)39-20-6-3-2-4-7-20/h8-12,14,20,25,35H,2-7,13,15-17H2,1H3,(H,30,36)(H,33,34). The van der Waals surface area contributed by atoms with Crippen LogP contribution in [0.15, 0.2) is 36.5 Å². The van der Waals surface area contributed by atoms with Crippen LogP contribution >= 0.6 is 0 Å². The molecule has 3 N–H and O–H groups in total. The number of rotatable bonds is 9. The quantitative estimate of drug-likeness (QED) is 0.349. The van der Waals surface area contributed by atoms with Gasteiger partial charge in [-0.25, -0.2) is 14.4 Å². The second-order valence-electron chi connectivity index (χ2n) is 10.3. The third-order valence-corrected chi connectivity index (χ3v) is 7.05. The van der Waals surface area contributed by atoms with E-state index in [2.05, 4.69) is 20.3 Å². The van der Waals surface area contributed by atoms with Gasteiger partial charge in [0.15, 0.2) is 5.82 Å². The number of H-pyrrole nitrogens is 1. The number of aromatic amines is 1. The summed E-state index contributed by atoms with van der Waals surface area (Å²) in [6.45, 7) is 2.39. The van der Waals surface area contributed by atoms with Gasteiger partial charge < -0.3 is 29.6 Å². The first-order chi connectivity index (χ1) is 18.9. The Labute approximate surface area is 226 Å². The number of aromatic nitrogens is 4. The van der Waals surface area contributed by atoms with Crippen molar-refractivity contribution >= 4 is 5.91 Å². The largest absolute Gasteiger partial charge is 0.460 e. The van der Waals surface area contributed by atoms with Crippen LogP contribution in [-0.2, 0) is 14.3 Å². The predicted molar refractivity (Wildman–Crippen MR) is 140 cm³/mol. The number of amides is 1. The molecule has 39 heavy (non-hydrogen) atoms. The topological polar surface area (TPSA) is 131 Å². The number of imidazole rings is 1. The fourth-order valence-electron chi connectivity index (χ4n) is 4.77. The lowest BCUT2D eigenvalue weighted by Crippen LogP contribution is -2.48. The lowest BCUT2D eigenvalue weighted by molar-refractivity contribution is -0.231. The lowest BCUT2D eigenvalue weighted by atomic mass is 9.91. The van der Waals surface area contributed by atoms with Crippen molar-refractivity contribution in [2.24, 2.45) is 5.41 Å². The van der Waals surface area contributed by atoms with Crippen molar-refractivity contribution in [3.05, 3.63) is 48.2 Å². The van der Waals surface area contributed by atoms with Crippen LogP contribution in [-0.4, -0.2) is 63.4 Å². The van der Waals surface area contributed by atoms with Gasteiger partial charge >= 0.3 is 6.01 Å². The summed E-state index contributed by atoms with van der Waals surface area (Å²) in [5.74, 6) is -0.148. The van der Waals surface area contributed by atoms with Gasteiger partial charge in [-0.1, -0.05) is 6.42 Å². The Morgan fingerprint density at radius 3 is 2.62 bits per heavy atom. The number of nitrogens with one attached hydrogen (secondary N) is 2. The highest BCUT2D eigenvalue weighted by Gasteiger charge is 2.40. The Balaban J connectivity index is 1.38. The van der Waals surface area contributed by atoms with E-state index >= 15 is 0 Å². The average Bonchev–Trinajstić information content (AvgIpc) is 3.40. The zero-order valence-corrected chi connectivity index (χ0v) is 22.0. The number of nitrogens with zero attached hydrogens (tertiary/aromatic N) is 3. The van der Waals surface area contributed by atoms with Crippen molar-refractivity contribution in [1.82, 2.24) is 25.3 Å². The average molecular weight is 540 g/mol. The van der Waals surface area contributed by atoms with E-state index in [1.165, 1.54) is 18.6 Å². The molecular weight excluding hydrogens is 505 g/mol. The first-order valence-corrected chi connectivity index (χ1v) is 13.4. The van der Waals surface area contributed by atoms with Gasteiger partial charge in [0.05, 0.1) is 35.7 Å². The molecule has 1 saturated carbocycles. The highest BCUT2D eigenvalue weighted by atomic mass is 19.1. The van der Waals surface area contributed by atoms with Crippen LogP contribution in [0.5, 0.6) is 6.01 Å². The van der Waals surface area contributed by atoms with E-state index in [4.69, 9.17) is 24.3 Å². The van der Waals surface area contributed by atoms with Gasteiger partial charge in [0, 0.05) is 24.9 Å². The maximum Gasteiger partial charge on any atom is 0.317 e. The summed E-state index contributed by atoms with van der Waals surface area (Å²) in [5.41, 5.74) is 1.52. The zero-order chi connectivity index (χ0) is 27.2. The minimum Gasteiger partial charge on any atom is -0.460 e. The molecule has 11 heteroatoms. The Hall–Kier alpha value is -3.41. The first kappa shape index (κ1) is 27.2. The molecule has 2 fully saturated rings. The SMILES string of the molecule is CC1(C(=O)NCCCO)COC(c2nc(-c3ccc(F)cc3)c(-c3ccnc(OC4CCCCC4)n3)[nH]2)OC1. The Morgan fingerprint density at radius 2 is 1.90 bits per heavy atom. The highest BCUT2D eigenvalue weighted by molar-refractivity contribution is 5.82. The maximum atomic E-state index is 13.7. The third kappa shape index (κ3) is 6.43. The van der Waals surface area contributed by atoms with Crippen molar-refractivity contribution in [1.29, 1.82) is 0 Å². The van der Waals surface area contributed by atoms with Gasteiger partial charge in [-0.15, -0.1) is 0 Å². The van der Waals surface area contributed by atoms with Crippen LogP contribution in [0, 0.1) is 11.2 Å². The van der Waals surface area contributed by atoms with Crippen LogP contribution in [0.1, 0.15) is 57.6 Å². The molecule has 1 saturated heterocycles. The molecule has 208 valence electrons. The van der Waals surface area contributed by atoms with Crippen LogP contribution in [0.3, 0.4) is 0 Å². The van der Waals surface area contributed by atoms with Gasteiger partial charge in [-0.3, -0.25) is 4.79 Å². The molecule has 3 heterocycles. The smallest absolute Gasteiger partial charge is 0.317 e. The molecule has 1 aliphatic heterocycles. The number of hydrogen-bond donors (Lipinski definition) is 3. The monoisotopic (exact) mass is 539 g/mol. The van der Waals surface area contributed by atoms with E-state index in [1.54, 1.807) is 31.3 Å². The molecule has 0 bridgehead atoms. The second-order valence-corrected chi connectivity index (χ2v) is 10.3. The third-order valence-electron chi connectivity index (χ3n) is 7.05. The number of carbonyl (C=O) groups is 1. The highest BCUT2D eigenvalue weighted by Crippen LogP contribution is 2.36. The molecule has 0 atom stereocenters. The summed E-state index contributed by atoms with van der Waals surface area (Å²) >= 11 is 0. The molecule has 1 amide bonds. The van der Waals surface area contributed by atoms with E-state index in [0.29, 0.717) is 47.4 Å². The lowest BCUT2D eigenvalue weighted by Gasteiger charge is -2.35. The fourth-order valence-corrected chi connectivity index (χ4v) is 4.77. The summed E-state index contributed by atoms with van der Waals surface area (Å²) in [7, 11) is 0. The maximum absolute atomic E-state index is 13.7. The summed E-state index contributed by atoms with van der Waals surface area (Å²) in [6, 6.07) is 8.10. The normalized spacial score (nSPS) is 22.0. The van der Waals surface area contributed by atoms with Crippen LogP contribution in [0.2, 0.25) is 0 Å². The number of ether oxygens (including phenoxy) is 3. The number of hydrogen-bond acceptors (Lipinski definition) is 8. The number of aliphatic hydroxyl groups excluding tert-OH is 1. The van der Waals surface area contributed by atoms with Crippen molar-refractivity contribution in [2.45, 2.75) is 57.8 Å². The fraction of sp³-hybridized carbons (Fsp3) is 0.500. The van der Waals surface area contributed by atoms with E-state index in [0.717, 1.165) is 25.7 Å². The molecule has 0 spiro atoms. The number of halogens is 1. The molecule has 5 rings (SSSR count). The number of benzene rings is 1. The molecular formula is C28H34FN5O5. The zero-order valence-electron chi connectivity index (χ0n) is 22.0. The molecule has 3 aromatic rings. The van der Waals surface area contributed by atoms with Gasteiger partial charge in [0.2, 0.25) is 12.2 Å². The Kier molecular flexibility index (Phi) is 8.49. The molecule has 1 aliphatic carbocycles. The van der Waals surface area contributed by atoms with Gasteiger partial charge in [-0.05, 0) is 69.4 Å². The van der Waals surface area contributed by atoms with Gasteiger partial charge in [0.1, 0.15) is 11.9 Å². The van der Waals surface area contributed by atoms with Crippen molar-refractivity contribution < 1.29 is 28.5 Å². The van der Waals surface area contributed by atoms with Crippen molar-refractivity contribution in [2.75, 3.05) is 26.4 Å². The Bertz CT molecular complexity index is 1250. The first-order valence-electron chi connectivity index (χ1n) is 13.4. The predicted octanol–water partition coefficient (Wildman–Crippen LogP) is 3.93. The summed E-state index contributed by atoms with van der Waals surface area (Å²) in [6.07, 6.45) is 6.83. The van der Waals surface area contributed by atoms with Crippen molar-refractivity contribution in [3.63, 3.8) is 0 Å². The minimum absolute atomic E-state index is 0.00379. The van der Waals surface area contributed by atoms with Crippen LogP contribution in [0.4, 0.5) is 4.39 Å². The summed E-state index contributed by atoms with van der Waals surface area (Å²) in [4.78, 5) is 29.6. The van der Waals surface area contributed by atoms with Crippen molar-refractivity contribution in [3.8, 4) is 28.7 Å². The molecule has 0 unspecified atom stereocenters. The molecule has 1 aromatic carbocycles. The summed E-state index contributed by atoms with van der Waals surface area (Å²) in [5, 5.41) is 11.8. The van der Waals surface area contributed by atoms with E-state index in [-0.39, 0.29) is 37.6 Å². The van der Waals surface area contributed by atoms with E-state index in [9.17, 15) is 9.18 Å².